The van der Waals surface area contributed by atoms with E-state index < -0.39 is 5.97 Å². The van der Waals surface area contributed by atoms with Crippen LogP contribution in [0.2, 0.25) is 0 Å². The van der Waals surface area contributed by atoms with Gasteiger partial charge in [0.2, 0.25) is 0 Å². The fourth-order valence-corrected chi connectivity index (χ4v) is 1.33. The number of rotatable bonds is 4. The zero-order valence-electron chi connectivity index (χ0n) is 10.4. The number of benzene rings is 1. The van der Waals surface area contributed by atoms with Gasteiger partial charge in [-0.2, -0.15) is 5.26 Å². The number of ether oxygens (including phenoxy) is 3. The smallest absolute Gasteiger partial charge is 0.348 e. The molecule has 0 spiro atoms. The molecule has 0 unspecified atom stereocenters. The van der Waals surface area contributed by atoms with Crippen LogP contribution in [0.3, 0.4) is 0 Å². The summed E-state index contributed by atoms with van der Waals surface area (Å²) in [6.45, 7) is 0. The number of hydrogen-bond donors (Lipinski definition) is 0. The molecule has 0 bridgehead atoms. The van der Waals surface area contributed by atoms with Crippen molar-refractivity contribution in [3.8, 4) is 17.6 Å². The zero-order chi connectivity index (χ0) is 13.5. The first kappa shape index (κ1) is 13.6. The molecule has 0 aliphatic rings. The number of carbonyl (C=O) groups is 1. The van der Waals surface area contributed by atoms with Crippen molar-refractivity contribution in [3.63, 3.8) is 0 Å². The molecule has 5 heteroatoms. The highest BCUT2D eigenvalue weighted by Crippen LogP contribution is 2.24. The Morgan fingerprint density at radius 2 is 1.72 bits per heavy atom. The highest BCUT2D eigenvalue weighted by molar-refractivity contribution is 5.97. The third-order valence-corrected chi connectivity index (χ3v) is 2.21. The molecule has 0 saturated carbocycles. The minimum atomic E-state index is -0.681. The number of hydrogen-bond acceptors (Lipinski definition) is 5. The molecule has 0 N–H and O–H groups in total. The van der Waals surface area contributed by atoms with E-state index in [0.717, 1.165) is 0 Å². The summed E-state index contributed by atoms with van der Waals surface area (Å²) in [6.07, 6.45) is 1.41. The van der Waals surface area contributed by atoms with Crippen LogP contribution in [-0.4, -0.2) is 27.3 Å². The van der Waals surface area contributed by atoms with Gasteiger partial charge in [0.15, 0.2) is 0 Å². The number of methoxy groups -OCH3 is 3. The quantitative estimate of drug-likeness (QED) is 0.461. The van der Waals surface area contributed by atoms with Crippen molar-refractivity contribution in [2.75, 3.05) is 21.3 Å². The molecule has 1 aromatic carbocycles. The molecule has 0 aliphatic heterocycles. The molecule has 0 radical (unpaired) electrons. The van der Waals surface area contributed by atoms with Crippen molar-refractivity contribution in [1.29, 1.82) is 5.26 Å². The molecule has 0 aromatic heterocycles. The third-order valence-electron chi connectivity index (χ3n) is 2.21. The van der Waals surface area contributed by atoms with E-state index in [1.54, 1.807) is 24.3 Å². The third kappa shape index (κ3) is 3.25. The molecule has 5 nitrogen and oxygen atoms in total. The monoisotopic (exact) mass is 247 g/mol. The van der Waals surface area contributed by atoms with Gasteiger partial charge >= 0.3 is 5.97 Å². The van der Waals surface area contributed by atoms with Crippen LogP contribution in [-0.2, 0) is 9.53 Å². The first-order valence-corrected chi connectivity index (χ1v) is 5.07. The highest BCUT2D eigenvalue weighted by atomic mass is 16.5. The van der Waals surface area contributed by atoms with Crippen LogP contribution in [0.5, 0.6) is 11.5 Å². The second-order valence-electron chi connectivity index (χ2n) is 3.31. The van der Waals surface area contributed by atoms with Crippen LogP contribution in [0.1, 0.15) is 5.56 Å². The Labute approximate surface area is 105 Å². The maximum Gasteiger partial charge on any atom is 0.348 e. The predicted molar refractivity (Wildman–Crippen MR) is 65.2 cm³/mol. The standard InChI is InChI=1S/C13H13NO4/c1-16-11-5-9(6-12(7-11)17-2)4-10(8-14)13(15)18-3/h4-7H,1-3H3/b10-4-. The van der Waals surface area contributed by atoms with Gasteiger partial charge in [-0.1, -0.05) is 0 Å². The predicted octanol–water partition coefficient (Wildman–Crippen LogP) is 1.78. The Morgan fingerprint density at radius 1 is 1.17 bits per heavy atom. The first-order chi connectivity index (χ1) is 8.64. The lowest BCUT2D eigenvalue weighted by molar-refractivity contribution is -0.135. The molecule has 0 fully saturated rings. The lowest BCUT2D eigenvalue weighted by atomic mass is 10.1. The summed E-state index contributed by atoms with van der Waals surface area (Å²) < 4.78 is 14.7. The zero-order valence-corrected chi connectivity index (χ0v) is 10.4. The van der Waals surface area contributed by atoms with E-state index >= 15 is 0 Å². The molecule has 94 valence electrons. The normalized spacial score (nSPS) is 10.4. The van der Waals surface area contributed by atoms with E-state index in [2.05, 4.69) is 4.74 Å². The van der Waals surface area contributed by atoms with Gasteiger partial charge < -0.3 is 14.2 Å². The summed E-state index contributed by atoms with van der Waals surface area (Å²) in [5.41, 5.74) is 0.529. The number of nitriles is 1. The van der Waals surface area contributed by atoms with Crippen LogP contribution >= 0.6 is 0 Å². The molecular formula is C13H13NO4. The van der Waals surface area contributed by atoms with E-state index in [0.29, 0.717) is 17.1 Å². The van der Waals surface area contributed by atoms with Gasteiger partial charge in [-0.25, -0.2) is 4.79 Å². The second-order valence-corrected chi connectivity index (χ2v) is 3.31. The molecule has 0 heterocycles. The van der Waals surface area contributed by atoms with Crippen molar-refractivity contribution < 1.29 is 19.0 Å². The summed E-state index contributed by atoms with van der Waals surface area (Å²) in [4.78, 5) is 11.3. The molecule has 0 atom stereocenters. The molecule has 0 amide bonds. The summed E-state index contributed by atoms with van der Waals surface area (Å²) >= 11 is 0. The molecule has 0 aliphatic carbocycles. The average Bonchev–Trinajstić information content (AvgIpc) is 2.43. The number of nitrogens with zero attached hydrogens (tertiary/aromatic N) is 1. The lowest BCUT2D eigenvalue weighted by Crippen LogP contribution is -2.02. The maximum atomic E-state index is 11.3. The van der Waals surface area contributed by atoms with Crippen molar-refractivity contribution >= 4 is 12.0 Å². The largest absolute Gasteiger partial charge is 0.497 e. The number of esters is 1. The summed E-state index contributed by atoms with van der Waals surface area (Å²) in [5, 5.41) is 8.86. The topological polar surface area (TPSA) is 68.6 Å². The molecule has 1 rings (SSSR count). The van der Waals surface area contributed by atoms with E-state index in [9.17, 15) is 4.79 Å². The van der Waals surface area contributed by atoms with Gasteiger partial charge in [-0.3, -0.25) is 0 Å². The Balaban J connectivity index is 3.20. The minimum Gasteiger partial charge on any atom is -0.497 e. The van der Waals surface area contributed by atoms with Gasteiger partial charge in [0.1, 0.15) is 23.1 Å². The fraction of sp³-hybridized carbons (Fsp3) is 0.231. The van der Waals surface area contributed by atoms with Gasteiger partial charge in [0, 0.05) is 6.07 Å². The maximum absolute atomic E-state index is 11.3. The van der Waals surface area contributed by atoms with Crippen LogP contribution in [0.15, 0.2) is 23.8 Å². The molecular weight excluding hydrogens is 234 g/mol. The SMILES string of the molecule is COC(=O)/C(C#N)=C\c1cc(OC)cc(OC)c1. The minimum absolute atomic E-state index is 0.0900. The lowest BCUT2D eigenvalue weighted by Gasteiger charge is -2.06. The Kier molecular flexibility index (Phi) is 4.76. The van der Waals surface area contributed by atoms with Crippen molar-refractivity contribution in [2.24, 2.45) is 0 Å². The summed E-state index contributed by atoms with van der Waals surface area (Å²) in [7, 11) is 4.27. The van der Waals surface area contributed by atoms with Crippen molar-refractivity contribution in [2.45, 2.75) is 0 Å². The van der Waals surface area contributed by atoms with Gasteiger partial charge in [-0.15, -0.1) is 0 Å². The summed E-state index contributed by atoms with van der Waals surface area (Å²) in [6, 6.07) is 6.84. The van der Waals surface area contributed by atoms with Crippen LogP contribution in [0.25, 0.3) is 6.08 Å². The second kappa shape index (κ2) is 6.30. The van der Waals surface area contributed by atoms with Gasteiger partial charge in [0.25, 0.3) is 0 Å². The number of carbonyl (C=O) groups excluding carboxylic acids is 1. The van der Waals surface area contributed by atoms with Gasteiger partial charge in [0.05, 0.1) is 21.3 Å². The van der Waals surface area contributed by atoms with Crippen LogP contribution in [0, 0.1) is 11.3 Å². The van der Waals surface area contributed by atoms with Gasteiger partial charge in [-0.05, 0) is 23.8 Å². The Hall–Kier alpha value is -2.48. The Morgan fingerprint density at radius 3 is 2.11 bits per heavy atom. The molecule has 0 saturated heterocycles. The van der Waals surface area contributed by atoms with Crippen LogP contribution in [0.4, 0.5) is 0 Å². The first-order valence-electron chi connectivity index (χ1n) is 5.07. The highest BCUT2D eigenvalue weighted by Gasteiger charge is 2.09. The van der Waals surface area contributed by atoms with E-state index in [1.807, 2.05) is 0 Å². The molecule has 1 aromatic rings. The van der Waals surface area contributed by atoms with Crippen molar-refractivity contribution in [1.82, 2.24) is 0 Å². The fourth-order valence-electron chi connectivity index (χ4n) is 1.33. The average molecular weight is 247 g/mol. The Bertz CT molecular complexity index is 492. The van der Waals surface area contributed by atoms with Crippen molar-refractivity contribution in [3.05, 3.63) is 29.3 Å². The summed E-state index contributed by atoms with van der Waals surface area (Å²) in [5.74, 6) is 0.463. The van der Waals surface area contributed by atoms with E-state index in [4.69, 9.17) is 14.7 Å². The molecule has 18 heavy (non-hydrogen) atoms. The van der Waals surface area contributed by atoms with E-state index in [1.165, 1.54) is 27.4 Å². The van der Waals surface area contributed by atoms with E-state index in [-0.39, 0.29) is 5.57 Å². The van der Waals surface area contributed by atoms with Crippen LogP contribution < -0.4 is 9.47 Å².